The standard InChI is InChI=1S/C30H38FN3O3/c1-19-8-7-11-25(31)27(19)29(35)34-26-18-32(2)17-21(26)16-24(30(36)37-4)28(34)20-12-14-23(15-13-20)33(3)22-9-5-6-10-22/h7-8,11-15,21-22,24,26,28H,5-6,9-10,16-18H2,1-4H3/t21?,24-,26+,28-/m0/s1. The van der Waals surface area contributed by atoms with E-state index < -0.39 is 17.8 Å². The van der Waals surface area contributed by atoms with Crippen LogP contribution in [0.1, 0.15) is 59.6 Å². The Morgan fingerprint density at radius 1 is 1.05 bits per heavy atom. The van der Waals surface area contributed by atoms with Crippen LogP contribution >= 0.6 is 0 Å². The van der Waals surface area contributed by atoms with Gasteiger partial charge >= 0.3 is 5.97 Å². The number of amides is 1. The quantitative estimate of drug-likeness (QED) is 0.543. The van der Waals surface area contributed by atoms with Crippen LogP contribution < -0.4 is 4.90 Å². The third-order valence-electron chi connectivity index (χ3n) is 8.87. The summed E-state index contributed by atoms with van der Waals surface area (Å²) >= 11 is 0. The Morgan fingerprint density at radius 3 is 2.41 bits per heavy atom. The normalized spacial score (nSPS) is 26.2. The van der Waals surface area contributed by atoms with Gasteiger partial charge in [0, 0.05) is 37.9 Å². The van der Waals surface area contributed by atoms with Crippen molar-refractivity contribution in [2.24, 2.45) is 11.8 Å². The number of rotatable bonds is 5. The lowest BCUT2D eigenvalue weighted by atomic mass is 9.76. The Balaban J connectivity index is 1.57. The number of likely N-dealkylation sites (tertiary alicyclic amines) is 2. The summed E-state index contributed by atoms with van der Waals surface area (Å²) in [6, 6.07) is 12.9. The van der Waals surface area contributed by atoms with Crippen LogP contribution in [0.15, 0.2) is 42.5 Å². The fraction of sp³-hybridized carbons (Fsp3) is 0.533. The highest BCUT2D eigenvalue weighted by Crippen LogP contribution is 2.46. The number of ether oxygens (including phenoxy) is 1. The third kappa shape index (κ3) is 4.74. The van der Waals surface area contributed by atoms with Gasteiger partial charge in [-0.2, -0.15) is 0 Å². The molecular weight excluding hydrogens is 469 g/mol. The summed E-state index contributed by atoms with van der Waals surface area (Å²) in [5.41, 5.74) is 2.70. The predicted molar refractivity (Wildman–Crippen MR) is 142 cm³/mol. The van der Waals surface area contributed by atoms with Crippen molar-refractivity contribution in [1.82, 2.24) is 9.80 Å². The minimum Gasteiger partial charge on any atom is -0.469 e. The van der Waals surface area contributed by atoms with Crippen molar-refractivity contribution < 1.29 is 18.7 Å². The number of fused-ring (bicyclic) bond motifs is 1. The van der Waals surface area contributed by atoms with E-state index in [-0.39, 0.29) is 29.4 Å². The second-order valence-electron chi connectivity index (χ2n) is 11.1. The van der Waals surface area contributed by atoms with Crippen molar-refractivity contribution >= 4 is 17.6 Å². The first-order valence-electron chi connectivity index (χ1n) is 13.5. The smallest absolute Gasteiger partial charge is 0.311 e. The number of methoxy groups -OCH3 is 1. The molecule has 3 aliphatic rings. The molecule has 2 aromatic carbocycles. The number of benzene rings is 2. The van der Waals surface area contributed by atoms with Gasteiger partial charge in [0.2, 0.25) is 0 Å². The van der Waals surface area contributed by atoms with E-state index in [1.165, 1.54) is 38.9 Å². The average Bonchev–Trinajstić information content (AvgIpc) is 3.56. The van der Waals surface area contributed by atoms with Crippen LogP contribution in [0, 0.1) is 24.6 Å². The molecule has 3 fully saturated rings. The van der Waals surface area contributed by atoms with Crippen LogP contribution in [0.3, 0.4) is 0 Å². The fourth-order valence-corrected chi connectivity index (χ4v) is 6.95. The number of anilines is 1. The monoisotopic (exact) mass is 507 g/mol. The molecule has 0 spiro atoms. The molecule has 1 amide bonds. The maximum atomic E-state index is 15.1. The fourth-order valence-electron chi connectivity index (χ4n) is 6.95. The molecule has 4 atom stereocenters. The summed E-state index contributed by atoms with van der Waals surface area (Å²) in [7, 11) is 5.57. The Hall–Kier alpha value is -2.93. The number of carbonyl (C=O) groups is 2. The Labute approximate surface area is 219 Å². The zero-order chi connectivity index (χ0) is 26.3. The van der Waals surface area contributed by atoms with Gasteiger partial charge in [0.15, 0.2) is 0 Å². The largest absolute Gasteiger partial charge is 0.469 e. The molecule has 1 saturated carbocycles. The van der Waals surface area contributed by atoms with Crippen LogP contribution in [-0.2, 0) is 9.53 Å². The lowest BCUT2D eigenvalue weighted by Crippen LogP contribution is -2.55. The molecule has 0 aromatic heterocycles. The molecule has 7 heteroatoms. The summed E-state index contributed by atoms with van der Waals surface area (Å²) in [5, 5.41) is 0. The molecule has 2 heterocycles. The van der Waals surface area contributed by atoms with Crippen molar-refractivity contribution in [3.8, 4) is 0 Å². The molecule has 198 valence electrons. The second kappa shape index (κ2) is 10.4. The van der Waals surface area contributed by atoms with Gasteiger partial charge in [-0.25, -0.2) is 4.39 Å². The van der Waals surface area contributed by atoms with Gasteiger partial charge in [-0.05, 0) is 68.5 Å². The van der Waals surface area contributed by atoms with E-state index in [1.807, 2.05) is 19.2 Å². The van der Waals surface area contributed by atoms with Gasteiger partial charge in [-0.15, -0.1) is 0 Å². The van der Waals surface area contributed by atoms with Gasteiger partial charge in [0.05, 0.1) is 24.6 Å². The molecule has 2 saturated heterocycles. The molecule has 2 aliphatic heterocycles. The van der Waals surface area contributed by atoms with Crippen molar-refractivity contribution in [3.05, 3.63) is 65.0 Å². The Kier molecular flexibility index (Phi) is 7.26. The van der Waals surface area contributed by atoms with Gasteiger partial charge in [-0.1, -0.05) is 37.1 Å². The number of esters is 1. The average molecular weight is 508 g/mol. The van der Waals surface area contributed by atoms with E-state index in [9.17, 15) is 9.59 Å². The summed E-state index contributed by atoms with van der Waals surface area (Å²) in [6.45, 7) is 3.24. The zero-order valence-corrected chi connectivity index (χ0v) is 22.3. The number of hydrogen-bond donors (Lipinski definition) is 0. The molecular formula is C30H38FN3O3. The molecule has 37 heavy (non-hydrogen) atoms. The first kappa shape index (κ1) is 25.7. The van der Waals surface area contributed by atoms with E-state index in [1.54, 1.807) is 24.0 Å². The van der Waals surface area contributed by atoms with E-state index in [4.69, 9.17) is 4.74 Å². The minimum atomic E-state index is -0.530. The first-order valence-corrected chi connectivity index (χ1v) is 13.5. The van der Waals surface area contributed by atoms with E-state index in [2.05, 4.69) is 29.0 Å². The van der Waals surface area contributed by atoms with Crippen LogP contribution in [0.4, 0.5) is 10.1 Å². The summed E-state index contributed by atoms with van der Waals surface area (Å²) in [4.78, 5) is 33.7. The molecule has 5 rings (SSSR count). The SMILES string of the molecule is COC(=O)[C@H]1CC2CN(C)C[C@H]2N(C(=O)c2c(C)cccc2F)[C@H]1c1ccc(N(C)C2CCCC2)cc1. The van der Waals surface area contributed by atoms with Crippen LogP contribution in [0.2, 0.25) is 0 Å². The van der Waals surface area contributed by atoms with Crippen molar-refractivity contribution in [3.63, 3.8) is 0 Å². The molecule has 0 bridgehead atoms. The highest BCUT2D eigenvalue weighted by molar-refractivity contribution is 5.97. The number of aryl methyl sites for hydroxylation is 1. The van der Waals surface area contributed by atoms with E-state index in [0.717, 1.165) is 17.8 Å². The number of nitrogens with zero attached hydrogens (tertiary/aromatic N) is 3. The minimum absolute atomic E-state index is 0.0869. The summed E-state index contributed by atoms with van der Waals surface area (Å²) in [6.07, 6.45) is 5.56. The number of halogens is 1. The van der Waals surface area contributed by atoms with Crippen LogP contribution in [0.5, 0.6) is 0 Å². The van der Waals surface area contributed by atoms with Crippen LogP contribution in [0.25, 0.3) is 0 Å². The predicted octanol–water partition coefficient (Wildman–Crippen LogP) is 4.82. The third-order valence-corrected chi connectivity index (χ3v) is 8.87. The molecule has 1 aliphatic carbocycles. The number of piperidine rings is 1. The highest BCUT2D eigenvalue weighted by Gasteiger charge is 2.52. The summed E-state index contributed by atoms with van der Waals surface area (Å²) < 4.78 is 20.3. The molecule has 2 aromatic rings. The Bertz CT molecular complexity index is 1130. The molecule has 1 unspecified atom stereocenters. The number of likely N-dealkylation sites (N-methyl/N-ethyl adjacent to an activating group) is 1. The van der Waals surface area contributed by atoms with Crippen LogP contribution in [-0.4, -0.2) is 68.1 Å². The van der Waals surface area contributed by atoms with Crippen molar-refractivity contribution in [2.75, 3.05) is 39.2 Å². The lowest BCUT2D eigenvalue weighted by Gasteiger charge is -2.47. The van der Waals surface area contributed by atoms with E-state index >= 15 is 4.39 Å². The molecule has 0 radical (unpaired) electrons. The van der Waals surface area contributed by atoms with Gasteiger partial charge in [-0.3, -0.25) is 9.59 Å². The first-order chi connectivity index (χ1) is 17.8. The maximum Gasteiger partial charge on any atom is 0.311 e. The van der Waals surface area contributed by atoms with Gasteiger partial charge < -0.3 is 19.4 Å². The highest BCUT2D eigenvalue weighted by atomic mass is 19.1. The summed E-state index contributed by atoms with van der Waals surface area (Å²) in [5.74, 6) is -1.61. The zero-order valence-electron chi connectivity index (χ0n) is 22.3. The van der Waals surface area contributed by atoms with Gasteiger partial charge in [0.25, 0.3) is 5.91 Å². The van der Waals surface area contributed by atoms with Crippen molar-refractivity contribution in [1.29, 1.82) is 0 Å². The number of carbonyl (C=O) groups excluding carboxylic acids is 2. The lowest BCUT2D eigenvalue weighted by molar-refractivity contribution is -0.151. The molecule has 6 nitrogen and oxygen atoms in total. The second-order valence-corrected chi connectivity index (χ2v) is 11.1. The maximum absolute atomic E-state index is 15.1. The van der Waals surface area contributed by atoms with Crippen molar-refractivity contribution in [2.45, 2.75) is 57.2 Å². The van der Waals surface area contributed by atoms with Gasteiger partial charge in [0.1, 0.15) is 5.82 Å². The van der Waals surface area contributed by atoms with E-state index in [0.29, 0.717) is 24.6 Å². The number of hydrogen-bond acceptors (Lipinski definition) is 5. The Morgan fingerprint density at radius 2 is 1.76 bits per heavy atom. The topological polar surface area (TPSA) is 53.1 Å². The molecule has 0 N–H and O–H groups in total.